The average Bonchev–Trinajstić information content (AvgIpc) is 2.32. The van der Waals surface area contributed by atoms with Gasteiger partial charge in [-0.2, -0.15) is 0 Å². The van der Waals surface area contributed by atoms with E-state index in [0.717, 1.165) is 6.42 Å². The number of aliphatic carboxylic acids is 1. The molecule has 8 nitrogen and oxygen atoms in total. The molecule has 1 unspecified atom stereocenters. The first-order chi connectivity index (χ1) is 8.34. The SMILES string of the molecule is CCCC(=O)O.OC[C@H]1OC(O)[C@H](O)[C@@H](O)[C@@H]1O. The molecule has 8 heteroatoms. The summed E-state index contributed by atoms with van der Waals surface area (Å²) in [7, 11) is 0. The predicted octanol–water partition coefficient (Wildman–Crippen LogP) is -2.35. The Hall–Kier alpha value is -0.770. The number of carboxylic acid groups (broad SMARTS) is 1. The smallest absolute Gasteiger partial charge is 0.303 e. The summed E-state index contributed by atoms with van der Waals surface area (Å²) in [5.41, 5.74) is 0. The van der Waals surface area contributed by atoms with E-state index in [1.165, 1.54) is 0 Å². The molecule has 1 fully saturated rings. The Labute approximate surface area is 104 Å². The molecule has 1 aliphatic rings. The molecule has 0 saturated carbocycles. The van der Waals surface area contributed by atoms with E-state index in [1.807, 2.05) is 6.92 Å². The minimum Gasteiger partial charge on any atom is -0.481 e. The first-order valence-electron chi connectivity index (χ1n) is 5.55. The Balaban J connectivity index is 0.000000411. The molecule has 0 bridgehead atoms. The fourth-order valence-electron chi connectivity index (χ4n) is 1.30. The summed E-state index contributed by atoms with van der Waals surface area (Å²) in [6.07, 6.45) is -6.02. The lowest BCUT2D eigenvalue weighted by Crippen LogP contribution is -2.58. The number of hydrogen-bond donors (Lipinski definition) is 6. The van der Waals surface area contributed by atoms with Gasteiger partial charge in [0.25, 0.3) is 0 Å². The highest BCUT2D eigenvalue weighted by molar-refractivity contribution is 5.66. The number of aliphatic hydroxyl groups is 5. The van der Waals surface area contributed by atoms with E-state index in [0.29, 0.717) is 6.42 Å². The van der Waals surface area contributed by atoms with E-state index in [9.17, 15) is 4.79 Å². The molecule has 1 saturated heterocycles. The molecular weight excluding hydrogens is 248 g/mol. The molecule has 6 N–H and O–H groups in total. The van der Waals surface area contributed by atoms with E-state index in [1.54, 1.807) is 0 Å². The highest BCUT2D eigenvalue weighted by Gasteiger charge is 2.42. The van der Waals surface area contributed by atoms with Crippen molar-refractivity contribution in [2.45, 2.75) is 50.5 Å². The highest BCUT2D eigenvalue weighted by Crippen LogP contribution is 2.18. The molecule has 1 rings (SSSR count). The van der Waals surface area contributed by atoms with Crippen molar-refractivity contribution in [1.82, 2.24) is 0 Å². The second kappa shape index (κ2) is 8.35. The van der Waals surface area contributed by atoms with Gasteiger partial charge < -0.3 is 35.4 Å². The molecule has 0 radical (unpaired) electrons. The zero-order valence-corrected chi connectivity index (χ0v) is 10.0. The molecule has 0 aromatic rings. The van der Waals surface area contributed by atoms with E-state index in [-0.39, 0.29) is 0 Å². The van der Waals surface area contributed by atoms with Gasteiger partial charge in [0.15, 0.2) is 6.29 Å². The summed E-state index contributed by atoms with van der Waals surface area (Å²) in [6, 6.07) is 0. The van der Waals surface area contributed by atoms with E-state index in [4.69, 9.17) is 30.6 Å². The molecule has 1 heterocycles. The Bertz CT molecular complexity index is 241. The third-order valence-corrected chi connectivity index (χ3v) is 2.33. The van der Waals surface area contributed by atoms with Gasteiger partial charge in [0.1, 0.15) is 24.4 Å². The maximum Gasteiger partial charge on any atom is 0.303 e. The average molecular weight is 268 g/mol. The first-order valence-corrected chi connectivity index (χ1v) is 5.55. The normalized spacial score (nSPS) is 35.6. The molecule has 0 spiro atoms. The fraction of sp³-hybridized carbons (Fsp3) is 0.900. The van der Waals surface area contributed by atoms with Crippen LogP contribution in [0.25, 0.3) is 0 Å². The van der Waals surface area contributed by atoms with Crippen molar-refractivity contribution in [2.75, 3.05) is 6.61 Å². The summed E-state index contributed by atoms with van der Waals surface area (Å²) in [5, 5.41) is 52.6. The number of rotatable bonds is 3. The zero-order chi connectivity index (χ0) is 14.3. The summed E-state index contributed by atoms with van der Waals surface area (Å²) in [4.78, 5) is 9.60. The molecule has 0 aromatic carbocycles. The van der Waals surface area contributed by atoms with Gasteiger partial charge in [0.2, 0.25) is 0 Å². The van der Waals surface area contributed by atoms with Crippen molar-refractivity contribution < 1.29 is 40.2 Å². The van der Waals surface area contributed by atoms with Crippen LogP contribution in [0.2, 0.25) is 0 Å². The van der Waals surface area contributed by atoms with Crippen LogP contribution >= 0.6 is 0 Å². The Morgan fingerprint density at radius 3 is 2.00 bits per heavy atom. The van der Waals surface area contributed by atoms with Crippen LogP contribution < -0.4 is 0 Å². The quantitative estimate of drug-likeness (QED) is 0.333. The lowest BCUT2D eigenvalue weighted by molar-refractivity contribution is -0.286. The zero-order valence-electron chi connectivity index (χ0n) is 10.0. The third-order valence-electron chi connectivity index (χ3n) is 2.33. The molecule has 108 valence electrons. The third kappa shape index (κ3) is 5.25. The largest absolute Gasteiger partial charge is 0.481 e. The van der Waals surface area contributed by atoms with Gasteiger partial charge in [-0.05, 0) is 6.42 Å². The van der Waals surface area contributed by atoms with Crippen LogP contribution in [-0.2, 0) is 9.53 Å². The molecule has 0 amide bonds. The number of hydrogen-bond acceptors (Lipinski definition) is 7. The van der Waals surface area contributed by atoms with Gasteiger partial charge in [-0.3, -0.25) is 4.79 Å². The van der Waals surface area contributed by atoms with E-state index < -0.39 is 43.3 Å². The summed E-state index contributed by atoms with van der Waals surface area (Å²) >= 11 is 0. The number of aliphatic hydroxyl groups excluding tert-OH is 5. The topological polar surface area (TPSA) is 148 Å². The fourth-order valence-corrected chi connectivity index (χ4v) is 1.30. The lowest BCUT2D eigenvalue weighted by atomic mass is 10.00. The van der Waals surface area contributed by atoms with Crippen molar-refractivity contribution in [2.24, 2.45) is 0 Å². The monoisotopic (exact) mass is 268 g/mol. The van der Waals surface area contributed by atoms with E-state index >= 15 is 0 Å². The van der Waals surface area contributed by atoms with Crippen molar-refractivity contribution in [3.05, 3.63) is 0 Å². The van der Waals surface area contributed by atoms with Crippen molar-refractivity contribution >= 4 is 5.97 Å². The minimum atomic E-state index is -1.57. The van der Waals surface area contributed by atoms with Crippen molar-refractivity contribution in [3.8, 4) is 0 Å². The van der Waals surface area contributed by atoms with Crippen LogP contribution in [0.3, 0.4) is 0 Å². The molecule has 18 heavy (non-hydrogen) atoms. The van der Waals surface area contributed by atoms with E-state index in [2.05, 4.69) is 4.74 Å². The second-order valence-corrected chi connectivity index (χ2v) is 3.86. The van der Waals surface area contributed by atoms with Gasteiger partial charge in [0, 0.05) is 6.42 Å². The van der Waals surface area contributed by atoms with Crippen LogP contribution in [0.4, 0.5) is 0 Å². The number of carbonyl (C=O) groups is 1. The van der Waals surface area contributed by atoms with Crippen LogP contribution in [-0.4, -0.2) is 73.9 Å². The number of carboxylic acids is 1. The molecule has 1 aliphatic heterocycles. The van der Waals surface area contributed by atoms with Crippen molar-refractivity contribution in [3.63, 3.8) is 0 Å². The maximum absolute atomic E-state index is 9.60. The summed E-state index contributed by atoms with van der Waals surface area (Å²) < 4.78 is 4.58. The number of ether oxygens (including phenoxy) is 1. The molecule has 5 atom stereocenters. The van der Waals surface area contributed by atoms with Crippen molar-refractivity contribution in [1.29, 1.82) is 0 Å². The summed E-state index contributed by atoms with van der Waals surface area (Å²) in [6.45, 7) is 1.32. The second-order valence-electron chi connectivity index (χ2n) is 3.86. The Morgan fingerprint density at radius 2 is 1.67 bits per heavy atom. The Kier molecular flexibility index (Phi) is 8.00. The minimum absolute atomic E-state index is 0.292. The van der Waals surface area contributed by atoms with Gasteiger partial charge in [-0.15, -0.1) is 0 Å². The van der Waals surface area contributed by atoms with Crippen LogP contribution in [0, 0.1) is 0 Å². The maximum atomic E-state index is 9.60. The van der Waals surface area contributed by atoms with Gasteiger partial charge in [0.05, 0.1) is 6.61 Å². The molecule has 0 aliphatic carbocycles. The van der Waals surface area contributed by atoms with Crippen LogP contribution in [0.5, 0.6) is 0 Å². The summed E-state index contributed by atoms with van der Waals surface area (Å²) in [5.74, 6) is -0.711. The highest BCUT2D eigenvalue weighted by atomic mass is 16.6. The molecule has 0 aromatic heterocycles. The first kappa shape index (κ1) is 17.2. The Morgan fingerprint density at radius 1 is 1.11 bits per heavy atom. The van der Waals surface area contributed by atoms with Gasteiger partial charge in [-0.25, -0.2) is 0 Å². The van der Waals surface area contributed by atoms with Gasteiger partial charge in [-0.1, -0.05) is 6.92 Å². The molecular formula is C10H20O8. The van der Waals surface area contributed by atoms with Gasteiger partial charge >= 0.3 is 5.97 Å². The standard InChI is InChI=1S/C6H12O6.C4H8O2/c7-1-2-3(8)4(9)5(10)6(11)12-2;1-2-3-4(5)6/h2-11H,1H2;2-3H2,1H3,(H,5,6)/t2-,3-,4+,5-,6?;/m1./s1. The lowest BCUT2D eigenvalue weighted by Gasteiger charge is -2.37. The van der Waals surface area contributed by atoms with Crippen LogP contribution in [0.15, 0.2) is 0 Å². The van der Waals surface area contributed by atoms with Crippen LogP contribution in [0.1, 0.15) is 19.8 Å². The predicted molar refractivity (Wildman–Crippen MR) is 58.5 cm³/mol.